The minimum absolute atomic E-state index is 0.0815. The SMILES string of the molecule is O=C(C1CCN(Cc2c(F)cccc2Cl)CC1)N1CCN(Cc2ccccc2)CC1.O=C(O)C(=O)O. The zero-order chi connectivity index (χ0) is 26.1. The summed E-state index contributed by atoms with van der Waals surface area (Å²) in [6, 6.07) is 15.3. The predicted octanol–water partition coefficient (Wildman–Crippen LogP) is 3.19. The zero-order valence-corrected chi connectivity index (χ0v) is 20.7. The first-order valence-electron chi connectivity index (χ1n) is 11.9. The second-order valence-electron chi connectivity index (χ2n) is 8.95. The summed E-state index contributed by atoms with van der Waals surface area (Å²) < 4.78 is 14.0. The molecule has 194 valence electrons. The first kappa shape index (κ1) is 27.6. The molecule has 2 aliphatic rings. The van der Waals surface area contributed by atoms with E-state index in [-0.39, 0.29) is 17.6 Å². The average Bonchev–Trinajstić information content (AvgIpc) is 2.88. The van der Waals surface area contributed by atoms with Gasteiger partial charge in [-0.15, -0.1) is 0 Å². The predicted molar refractivity (Wildman–Crippen MR) is 133 cm³/mol. The van der Waals surface area contributed by atoms with Gasteiger partial charge in [0.05, 0.1) is 0 Å². The van der Waals surface area contributed by atoms with E-state index in [1.807, 2.05) is 11.0 Å². The van der Waals surface area contributed by atoms with Gasteiger partial charge in [-0.25, -0.2) is 14.0 Å². The van der Waals surface area contributed by atoms with Gasteiger partial charge >= 0.3 is 11.9 Å². The molecule has 0 unspecified atom stereocenters. The lowest BCUT2D eigenvalue weighted by atomic mass is 9.94. The Bertz CT molecular complexity index is 1010. The van der Waals surface area contributed by atoms with Crippen molar-refractivity contribution in [2.24, 2.45) is 5.92 Å². The molecule has 4 rings (SSSR count). The lowest BCUT2D eigenvalue weighted by molar-refractivity contribution is -0.159. The number of nitrogens with zero attached hydrogens (tertiary/aromatic N) is 3. The minimum atomic E-state index is -1.82. The summed E-state index contributed by atoms with van der Waals surface area (Å²) >= 11 is 6.16. The summed E-state index contributed by atoms with van der Waals surface area (Å²) in [6.07, 6.45) is 1.66. The van der Waals surface area contributed by atoms with E-state index in [2.05, 4.69) is 34.1 Å². The van der Waals surface area contributed by atoms with E-state index in [4.69, 9.17) is 31.4 Å². The van der Waals surface area contributed by atoms with Gasteiger partial charge in [-0.05, 0) is 43.6 Å². The number of benzene rings is 2. The largest absolute Gasteiger partial charge is 0.473 e. The number of carbonyl (C=O) groups excluding carboxylic acids is 1. The number of aliphatic carboxylic acids is 2. The summed E-state index contributed by atoms with van der Waals surface area (Å²) in [7, 11) is 0. The Hall–Kier alpha value is -3.01. The number of hydrogen-bond donors (Lipinski definition) is 2. The third-order valence-corrected chi connectivity index (χ3v) is 6.85. The van der Waals surface area contributed by atoms with Gasteiger partial charge in [0.1, 0.15) is 5.82 Å². The molecule has 0 aromatic heterocycles. The third-order valence-electron chi connectivity index (χ3n) is 6.50. The Morgan fingerprint density at radius 3 is 1.94 bits per heavy atom. The van der Waals surface area contributed by atoms with Crippen LogP contribution in [0.5, 0.6) is 0 Å². The summed E-state index contributed by atoms with van der Waals surface area (Å²) in [6.45, 7) is 6.50. The summed E-state index contributed by atoms with van der Waals surface area (Å²) in [4.78, 5) is 37.9. The second kappa shape index (κ2) is 13.3. The van der Waals surface area contributed by atoms with Gasteiger partial charge in [-0.2, -0.15) is 0 Å². The molecule has 0 bridgehead atoms. The molecule has 36 heavy (non-hydrogen) atoms. The number of halogens is 2. The quantitative estimate of drug-likeness (QED) is 0.585. The molecule has 2 aliphatic heterocycles. The molecule has 0 radical (unpaired) electrons. The molecule has 2 heterocycles. The summed E-state index contributed by atoms with van der Waals surface area (Å²) in [5, 5.41) is 15.3. The molecule has 8 nitrogen and oxygen atoms in total. The van der Waals surface area contributed by atoms with Crippen molar-refractivity contribution in [2.45, 2.75) is 25.9 Å². The molecule has 0 aliphatic carbocycles. The van der Waals surface area contributed by atoms with Gasteiger partial charge in [-0.3, -0.25) is 14.6 Å². The summed E-state index contributed by atoms with van der Waals surface area (Å²) in [5.41, 5.74) is 1.87. The first-order chi connectivity index (χ1) is 17.2. The van der Waals surface area contributed by atoms with Crippen molar-refractivity contribution in [1.29, 1.82) is 0 Å². The molecule has 10 heteroatoms. The number of piperidine rings is 1. The van der Waals surface area contributed by atoms with Crippen LogP contribution >= 0.6 is 11.6 Å². The highest BCUT2D eigenvalue weighted by molar-refractivity contribution is 6.31. The number of carboxylic acid groups (broad SMARTS) is 2. The van der Waals surface area contributed by atoms with Crippen molar-refractivity contribution in [3.05, 3.63) is 70.5 Å². The Balaban J connectivity index is 0.000000538. The highest BCUT2D eigenvalue weighted by Crippen LogP contribution is 2.25. The van der Waals surface area contributed by atoms with Crippen LogP contribution in [0.15, 0.2) is 48.5 Å². The molecule has 2 saturated heterocycles. The average molecular weight is 520 g/mol. The van der Waals surface area contributed by atoms with Crippen molar-refractivity contribution in [1.82, 2.24) is 14.7 Å². The van der Waals surface area contributed by atoms with Crippen LogP contribution in [0.2, 0.25) is 5.02 Å². The van der Waals surface area contributed by atoms with E-state index in [1.165, 1.54) is 11.6 Å². The monoisotopic (exact) mass is 519 g/mol. The second-order valence-corrected chi connectivity index (χ2v) is 9.36. The zero-order valence-electron chi connectivity index (χ0n) is 20.0. The van der Waals surface area contributed by atoms with Crippen molar-refractivity contribution in [3.8, 4) is 0 Å². The van der Waals surface area contributed by atoms with E-state index in [9.17, 15) is 9.18 Å². The first-order valence-corrected chi connectivity index (χ1v) is 12.3. The number of likely N-dealkylation sites (tertiary alicyclic amines) is 1. The van der Waals surface area contributed by atoms with Crippen molar-refractivity contribution >= 4 is 29.4 Å². The molecule has 2 fully saturated rings. The smallest absolute Gasteiger partial charge is 0.414 e. The fourth-order valence-electron chi connectivity index (χ4n) is 4.47. The van der Waals surface area contributed by atoms with Crippen LogP contribution in [-0.4, -0.2) is 82.0 Å². The lowest BCUT2D eigenvalue weighted by Crippen LogP contribution is -2.51. The molecular weight excluding hydrogens is 489 g/mol. The normalized spacial score (nSPS) is 17.2. The number of hydrogen-bond acceptors (Lipinski definition) is 5. The Kier molecular flexibility index (Phi) is 10.2. The number of piperazine rings is 1. The molecule has 2 N–H and O–H groups in total. The fraction of sp³-hybridized carbons (Fsp3) is 0.423. The topological polar surface area (TPSA) is 101 Å². The van der Waals surface area contributed by atoms with E-state index in [0.29, 0.717) is 17.1 Å². The van der Waals surface area contributed by atoms with E-state index in [1.54, 1.807) is 12.1 Å². The maximum atomic E-state index is 14.0. The van der Waals surface area contributed by atoms with Crippen molar-refractivity contribution in [3.63, 3.8) is 0 Å². The number of amides is 1. The van der Waals surface area contributed by atoms with Crippen LogP contribution in [-0.2, 0) is 27.5 Å². The number of carbonyl (C=O) groups is 3. The van der Waals surface area contributed by atoms with E-state index < -0.39 is 11.9 Å². The molecule has 0 atom stereocenters. The summed E-state index contributed by atoms with van der Waals surface area (Å²) in [5.74, 6) is -3.53. The molecule has 1 amide bonds. The Morgan fingerprint density at radius 2 is 1.39 bits per heavy atom. The van der Waals surface area contributed by atoms with Gasteiger partial charge in [0.2, 0.25) is 5.91 Å². The van der Waals surface area contributed by atoms with Gasteiger partial charge in [0.25, 0.3) is 0 Å². The Morgan fingerprint density at radius 1 is 0.806 bits per heavy atom. The third kappa shape index (κ3) is 8.01. The maximum Gasteiger partial charge on any atom is 0.414 e. The van der Waals surface area contributed by atoms with Crippen LogP contribution in [0.1, 0.15) is 24.0 Å². The molecule has 2 aromatic carbocycles. The molecular formula is C26H31ClFN3O5. The van der Waals surface area contributed by atoms with Crippen molar-refractivity contribution < 1.29 is 29.0 Å². The van der Waals surface area contributed by atoms with Crippen LogP contribution < -0.4 is 0 Å². The van der Waals surface area contributed by atoms with Crippen LogP contribution in [0.25, 0.3) is 0 Å². The Labute approximate surface area is 214 Å². The molecule has 0 spiro atoms. The highest BCUT2D eigenvalue weighted by Gasteiger charge is 2.30. The van der Waals surface area contributed by atoms with Gasteiger partial charge in [-0.1, -0.05) is 48.0 Å². The number of rotatable bonds is 5. The van der Waals surface area contributed by atoms with Crippen LogP contribution in [0.4, 0.5) is 4.39 Å². The van der Waals surface area contributed by atoms with Crippen LogP contribution in [0.3, 0.4) is 0 Å². The van der Waals surface area contributed by atoms with E-state index >= 15 is 0 Å². The minimum Gasteiger partial charge on any atom is -0.473 e. The van der Waals surface area contributed by atoms with Gasteiger partial charge < -0.3 is 15.1 Å². The molecule has 2 aromatic rings. The highest BCUT2D eigenvalue weighted by atomic mass is 35.5. The maximum absolute atomic E-state index is 14.0. The standard InChI is InChI=1S/C24H29ClFN3O.C2H2O4/c25-22-7-4-8-23(26)21(22)18-27-11-9-20(10-12-27)24(30)29-15-13-28(14-16-29)17-19-5-2-1-3-6-19;3-1(4)2(5)6/h1-8,20H,9-18H2;(H,3,4)(H,5,6). The van der Waals surface area contributed by atoms with E-state index in [0.717, 1.165) is 58.7 Å². The number of carboxylic acids is 2. The molecule has 0 saturated carbocycles. The van der Waals surface area contributed by atoms with Gasteiger partial charge in [0.15, 0.2) is 0 Å². The fourth-order valence-corrected chi connectivity index (χ4v) is 4.69. The lowest BCUT2D eigenvalue weighted by Gasteiger charge is -2.38. The van der Waals surface area contributed by atoms with Crippen molar-refractivity contribution in [2.75, 3.05) is 39.3 Å². The van der Waals surface area contributed by atoms with Crippen LogP contribution in [0, 0.1) is 11.7 Å². The van der Waals surface area contributed by atoms with Gasteiger partial charge in [0, 0.05) is 55.8 Å².